The first-order valence-electron chi connectivity index (χ1n) is 5.71. The van der Waals surface area contributed by atoms with Crippen molar-refractivity contribution in [3.05, 3.63) is 50.9 Å². The Bertz CT molecular complexity index is 752. The van der Waals surface area contributed by atoms with Gasteiger partial charge in [0.1, 0.15) is 0 Å². The predicted molar refractivity (Wildman–Crippen MR) is 89.5 cm³/mol. The molecular formula is C14H10Br2N2S. The van der Waals surface area contributed by atoms with Gasteiger partial charge in [0, 0.05) is 14.6 Å². The molecule has 0 aliphatic heterocycles. The van der Waals surface area contributed by atoms with Crippen LogP contribution in [0.25, 0.3) is 10.2 Å². The van der Waals surface area contributed by atoms with Gasteiger partial charge in [-0.2, -0.15) is 0 Å². The van der Waals surface area contributed by atoms with E-state index in [1.165, 1.54) is 10.3 Å². The van der Waals surface area contributed by atoms with Crippen LogP contribution in [0.4, 0.5) is 10.8 Å². The molecule has 0 saturated carbocycles. The van der Waals surface area contributed by atoms with Crippen LogP contribution in [-0.4, -0.2) is 4.98 Å². The largest absolute Gasteiger partial charge is 0.331 e. The van der Waals surface area contributed by atoms with Crippen LogP contribution in [0, 0.1) is 6.92 Å². The lowest BCUT2D eigenvalue weighted by atomic mass is 10.2. The van der Waals surface area contributed by atoms with Crippen molar-refractivity contribution in [1.29, 1.82) is 0 Å². The van der Waals surface area contributed by atoms with Crippen LogP contribution < -0.4 is 5.32 Å². The highest BCUT2D eigenvalue weighted by molar-refractivity contribution is 9.10. The molecule has 0 aliphatic rings. The molecule has 19 heavy (non-hydrogen) atoms. The molecule has 1 aromatic heterocycles. The molecule has 0 radical (unpaired) electrons. The Labute approximate surface area is 132 Å². The van der Waals surface area contributed by atoms with Crippen molar-refractivity contribution < 1.29 is 0 Å². The summed E-state index contributed by atoms with van der Waals surface area (Å²) in [6.45, 7) is 2.08. The summed E-state index contributed by atoms with van der Waals surface area (Å²) in [4.78, 5) is 4.59. The summed E-state index contributed by atoms with van der Waals surface area (Å²) in [5.41, 5.74) is 3.29. The number of halogens is 2. The first kappa shape index (κ1) is 13.1. The number of aromatic nitrogens is 1. The molecule has 0 amide bonds. The van der Waals surface area contributed by atoms with Crippen LogP contribution >= 0.6 is 43.2 Å². The van der Waals surface area contributed by atoms with Crippen LogP contribution in [0.2, 0.25) is 0 Å². The lowest BCUT2D eigenvalue weighted by Crippen LogP contribution is -1.92. The van der Waals surface area contributed by atoms with Gasteiger partial charge in [-0.05, 0) is 42.8 Å². The third-order valence-corrected chi connectivity index (χ3v) is 4.71. The van der Waals surface area contributed by atoms with Gasteiger partial charge in [-0.3, -0.25) is 0 Å². The smallest absolute Gasteiger partial charge is 0.188 e. The van der Waals surface area contributed by atoms with Gasteiger partial charge in [0.25, 0.3) is 0 Å². The Morgan fingerprint density at radius 2 is 1.79 bits per heavy atom. The fourth-order valence-corrected chi connectivity index (χ4v) is 3.59. The monoisotopic (exact) mass is 396 g/mol. The van der Waals surface area contributed by atoms with Crippen molar-refractivity contribution in [2.75, 3.05) is 5.32 Å². The van der Waals surface area contributed by atoms with Crippen LogP contribution in [0.3, 0.4) is 0 Å². The molecule has 3 rings (SSSR count). The van der Waals surface area contributed by atoms with E-state index in [1.807, 2.05) is 18.2 Å². The summed E-state index contributed by atoms with van der Waals surface area (Å²) in [6.07, 6.45) is 0. The van der Waals surface area contributed by atoms with Crippen LogP contribution in [0.15, 0.2) is 45.3 Å². The molecule has 0 aliphatic carbocycles. The Hall–Kier alpha value is -0.910. The van der Waals surface area contributed by atoms with Gasteiger partial charge in [-0.15, -0.1) is 0 Å². The van der Waals surface area contributed by atoms with Gasteiger partial charge in [-0.1, -0.05) is 49.3 Å². The second-order valence-corrected chi connectivity index (χ2v) is 7.08. The Balaban J connectivity index is 1.98. The van der Waals surface area contributed by atoms with Crippen LogP contribution in [0.1, 0.15) is 5.56 Å². The third-order valence-electron chi connectivity index (χ3n) is 2.79. The fraction of sp³-hybridized carbons (Fsp3) is 0.0714. The third kappa shape index (κ3) is 2.83. The summed E-state index contributed by atoms with van der Waals surface area (Å²) in [5, 5.41) is 4.30. The van der Waals surface area contributed by atoms with Crippen molar-refractivity contribution in [2.24, 2.45) is 0 Å². The molecule has 3 aromatic rings. The quantitative estimate of drug-likeness (QED) is 0.584. The molecule has 0 atom stereocenters. The van der Waals surface area contributed by atoms with Crippen molar-refractivity contribution in [3.63, 3.8) is 0 Å². The zero-order chi connectivity index (χ0) is 13.4. The number of nitrogens with zero attached hydrogens (tertiary/aromatic N) is 1. The maximum atomic E-state index is 4.59. The average Bonchev–Trinajstić information content (AvgIpc) is 2.75. The van der Waals surface area contributed by atoms with Gasteiger partial charge in [0.05, 0.1) is 10.2 Å². The number of anilines is 2. The summed E-state index contributed by atoms with van der Waals surface area (Å²) < 4.78 is 3.31. The van der Waals surface area contributed by atoms with Crippen LogP contribution in [0.5, 0.6) is 0 Å². The minimum Gasteiger partial charge on any atom is -0.331 e. The second kappa shape index (κ2) is 5.23. The summed E-state index contributed by atoms with van der Waals surface area (Å²) in [7, 11) is 0. The molecule has 1 N–H and O–H groups in total. The lowest BCUT2D eigenvalue weighted by Gasteiger charge is -2.06. The highest BCUT2D eigenvalue weighted by Crippen LogP contribution is 2.31. The highest BCUT2D eigenvalue weighted by Gasteiger charge is 2.06. The summed E-state index contributed by atoms with van der Waals surface area (Å²) in [5.74, 6) is 0. The van der Waals surface area contributed by atoms with Gasteiger partial charge in [-0.25, -0.2) is 4.98 Å². The van der Waals surface area contributed by atoms with Gasteiger partial charge >= 0.3 is 0 Å². The van der Waals surface area contributed by atoms with Gasteiger partial charge in [0.15, 0.2) is 5.13 Å². The molecular weight excluding hydrogens is 388 g/mol. The number of rotatable bonds is 2. The number of benzene rings is 2. The van der Waals surface area contributed by atoms with E-state index in [1.54, 1.807) is 11.3 Å². The van der Waals surface area contributed by atoms with E-state index in [2.05, 4.69) is 67.3 Å². The number of aryl methyl sites for hydroxylation is 1. The molecule has 1 heterocycles. The van der Waals surface area contributed by atoms with E-state index in [-0.39, 0.29) is 0 Å². The van der Waals surface area contributed by atoms with Crippen molar-refractivity contribution in [1.82, 2.24) is 4.98 Å². The zero-order valence-electron chi connectivity index (χ0n) is 10.1. The van der Waals surface area contributed by atoms with E-state index in [4.69, 9.17) is 0 Å². The predicted octanol–water partition coefficient (Wildman–Crippen LogP) is 5.87. The number of thiazole rings is 1. The maximum absolute atomic E-state index is 4.59. The fourth-order valence-electron chi connectivity index (χ4n) is 1.80. The first-order valence-corrected chi connectivity index (χ1v) is 8.11. The number of fused-ring (bicyclic) bond motifs is 1. The van der Waals surface area contributed by atoms with Crippen molar-refractivity contribution in [2.45, 2.75) is 6.92 Å². The molecule has 0 unspecified atom stereocenters. The Kier molecular flexibility index (Phi) is 3.60. The Morgan fingerprint density at radius 3 is 2.63 bits per heavy atom. The molecule has 0 fully saturated rings. The van der Waals surface area contributed by atoms with Gasteiger partial charge in [0.2, 0.25) is 0 Å². The van der Waals surface area contributed by atoms with E-state index in [0.717, 1.165) is 25.3 Å². The van der Waals surface area contributed by atoms with E-state index in [9.17, 15) is 0 Å². The van der Waals surface area contributed by atoms with Crippen LogP contribution in [-0.2, 0) is 0 Å². The molecule has 96 valence electrons. The topological polar surface area (TPSA) is 24.9 Å². The van der Waals surface area contributed by atoms with Crippen molar-refractivity contribution >= 4 is 64.2 Å². The SMILES string of the molecule is Cc1ccc(Br)cc1Nc1nc2ccc(Br)cc2s1. The minimum atomic E-state index is 0.911. The van der Waals surface area contributed by atoms with E-state index < -0.39 is 0 Å². The summed E-state index contributed by atoms with van der Waals surface area (Å²) in [6, 6.07) is 12.3. The molecule has 2 nitrogen and oxygen atoms in total. The van der Waals surface area contributed by atoms with Crippen molar-refractivity contribution in [3.8, 4) is 0 Å². The normalized spacial score (nSPS) is 10.9. The summed E-state index contributed by atoms with van der Waals surface area (Å²) >= 11 is 8.63. The molecule has 0 saturated heterocycles. The molecule has 5 heteroatoms. The molecule has 0 bridgehead atoms. The first-order chi connectivity index (χ1) is 9.11. The van der Waals surface area contributed by atoms with E-state index >= 15 is 0 Å². The number of hydrogen-bond donors (Lipinski definition) is 1. The Morgan fingerprint density at radius 1 is 1.05 bits per heavy atom. The standard InChI is InChI=1S/C14H10Br2N2S/c1-8-2-3-9(15)6-12(8)18-14-17-11-5-4-10(16)7-13(11)19-14/h2-7H,1H3,(H,17,18). The minimum absolute atomic E-state index is 0.911. The maximum Gasteiger partial charge on any atom is 0.188 e. The zero-order valence-corrected chi connectivity index (χ0v) is 14.1. The lowest BCUT2D eigenvalue weighted by molar-refractivity contribution is 1.39. The number of hydrogen-bond acceptors (Lipinski definition) is 3. The van der Waals surface area contributed by atoms with E-state index in [0.29, 0.717) is 0 Å². The molecule has 2 aromatic carbocycles. The average molecular weight is 398 g/mol. The number of nitrogens with one attached hydrogen (secondary N) is 1. The van der Waals surface area contributed by atoms with Gasteiger partial charge < -0.3 is 5.32 Å². The molecule has 0 spiro atoms. The highest BCUT2D eigenvalue weighted by atomic mass is 79.9. The second-order valence-electron chi connectivity index (χ2n) is 4.22.